The molecule has 0 atom stereocenters. The van der Waals surface area contributed by atoms with Crippen LogP contribution >= 0.6 is 0 Å². The molecule has 1 fully saturated rings. The number of amides is 3. The van der Waals surface area contributed by atoms with Crippen LogP contribution in [-0.4, -0.2) is 35.2 Å². The van der Waals surface area contributed by atoms with Crippen LogP contribution in [0.4, 0.5) is 10.5 Å². The summed E-state index contributed by atoms with van der Waals surface area (Å²) in [5.41, 5.74) is 2.96. The molecule has 0 spiro atoms. The van der Waals surface area contributed by atoms with Crippen LogP contribution in [-0.2, 0) is 6.54 Å². The highest BCUT2D eigenvalue weighted by atomic mass is 16.5. The summed E-state index contributed by atoms with van der Waals surface area (Å²) in [6, 6.07) is 14.6. The van der Waals surface area contributed by atoms with Gasteiger partial charge in [-0.1, -0.05) is 41.6 Å². The van der Waals surface area contributed by atoms with Crippen molar-refractivity contribution in [3.05, 3.63) is 65.5 Å². The second-order valence-electron chi connectivity index (χ2n) is 6.45. The van der Waals surface area contributed by atoms with Gasteiger partial charge in [0.1, 0.15) is 0 Å². The second kappa shape index (κ2) is 7.51. The summed E-state index contributed by atoms with van der Waals surface area (Å²) in [5.74, 6) is 0.515. The predicted octanol–water partition coefficient (Wildman–Crippen LogP) is 2.50. The number of carbonyl (C=O) groups excluding carboxylic acids is 2. The third-order valence-corrected chi connectivity index (χ3v) is 4.52. The van der Waals surface area contributed by atoms with Gasteiger partial charge in [-0.3, -0.25) is 9.69 Å². The first-order valence-corrected chi connectivity index (χ1v) is 8.94. The highest BCUT2D eigenvalue weighted by Crippen LogP contribution is 2.23. The first-order chi connectivity index (χ1) is 13.6. The molecule has 1 aromatic heterocycles. The van der Waals surface area contributed by atoms with Crippen LogP contribution in [0.5, 0.6) is 0 Å². The largest absolute Gasteiger partial charge is 0.343 e. The Morgan fingerprint density at radius 1 is 1.25 bits per heavy atom. The number of benzene rings is 2. The Hall–Kier alpha value is -3.68. The number of nitrogens with zero attached hydrogens (tertiary/aromatic N) is 3. The maximum atomic E-state index is 12.5. The van der Waals surface area contributed by atoms with E-state index in [2.05, 4.69) is 20.8 Å². The van der Waals surface area contributed by atoms with E-state index in [1.165, 1.54) is 0 Å². The third kappa shape index (κ3) is 3.57. The van der Waals surface area contributed by atoms with Crippen molar-refractivity contribution in [2.45, 2.75) is 13.5 Å². The minimum atomic E-state index is -0.277. The highest BCUT2D eigenvalue weighted by molar-refractivity contribution is 5.99. The van der Waals surface area contributed by atoms with Crippen molar-refractivity contribution in [1.82, 2.24) is 20.8 Å². The summed E-state index contributed by atoms with van der Waals surface area (Å²) in [5, 5.41) is 9.47. The molecular formula is C20H19N5O3. The second-order valence-corrected chi connectivity index (χ2v) is 6.45. The maximum absolute atomic E-state index is 12.5. The van der Waals surface area contributed by atoms with Crippen molar-refractivity contribution in [2.75, 3.05) is 18.0 Å². The molecule has 0 radical (unpaired) electrons. The van der Waals surface area contributed by atoms with Crippen LogP contribution in [0.15, 0.2) is 53.1 Å². The Kier molecular flexibility index (Phi) is 4.76. The van der Waals surface area contributed by atoms with Gasteiger partial charge in [0.2, 0.25) is 11.7 Å². The molecule has 1 saturated heterocycles. The fourth-order valence-electron chi connectivity index (χ4n) is 3.03. The molecule has 0 bridgehead atoms. The van der Waals surface area contributed by atoms with Gasteiger partial charge in [-0.15, -0.1) is 0 Å². The van der Waals surface area contributed by atoms with Gasteiger partial charge in [0.15, 0.2) is 0 Å². The smallest absolute Gasteiger partial charge is 0.322 e. The van der Waals surface area contributed by atoms with E-state index in [1.54, 1.807) is 17.0 Å². The van der Waals surface area contributed by atoms with E-state index in [9.17, 15) is 9.59 Å². The molecule has 0 saturated carbocycles. The van der Waals surface area contributed by atoms with Crippen molar-refractivity contribution in [2.24, 2.45) is 0 Å². The molecule has 4 rings (SSSR count). The minimum absolute atomic E-state index is 0.117. The molecule has 1 aliphatic heterocycles. The van der Waals surface area contributed by atoms with Crippen molar-refractivity contribution in [1.29, 1.82) is 0 Å². The number of aromatic nitrogens is 2. The van der Waals surface area contributed by atoms with Gasteiger partial charge in [-0.05, 0) is 24.6 Å². The summed E-state index contributed by atoms with van der Waals surface area (Å²) < 4.78 is 5.21. The summed E-state index contributed by atoms with van der Waals surface area (Å²) >= 11 is 0. The number of anilines is 1. The number of urea groups is 1. The molecule has 3 amide bonds. The fraction of sp³-hybridized carbons (Fsp3) is 0.200. The molecule has 8 nitrogen and oxygen atoms in total. The van der Waals surface area contributed by atoms with Gasteiger partial charge in [-0.25, -0.2) is 4.79 Å². The van der Waals surface area contributed by atoms with Crippen LogP contribution in [0.1, 0.15) is 21.8 Å². The van der Waals surface area contributed by atoms with Crippen LogP contribution in [0.2, 0.25) is 0 Å². The average Bonchev–Trinajstić information content (AvgIpc) is 3.36. The molecular weight excluding hydrogens is 358 g/mol. The quantitative estimate of drug-likeness (QED) is 0.712. The maximum Gasteiger partial charge on any atom is 0.322 e. The van der Waals surface area contributed by atoms with E-state index >= 15 is 0 Å². The van der Waals surface area contributed by atoms with Gasteiger partial charge in [0, 0.05) is 29.9 Å². The topological polar surface area (TPSA) is 100 Å². The van der Waals surface area contributed by atoms with E-state index in [4.69, 9.17) is 4.52 Å². The zero-order valence-electron chi connectivity index (χ0n) is 15.3. The SMILES string of the molecule is Cc1ccc(C(=O)NCc2nc(-c3ccccc3)no2)cc1N1CCNC1=O. The lowest BCUT2D eigenvalue weighted by atomic mass is 10.1. The van der Waals surface area contributed by atoms with E-state index < -0.39 is 0 Å². The molecule has 0 unspecified atom stereocenters. The first kappa shape index (κ1) is 17.7. The number of carbonyl (C=O) groups is 2. The lowest BCUT2D eigenvalue weighted by molar-refractivity contribution is 0.0946. The monoisotopic (exact) mass is 377 g/mol. The lowest BCUT2D eigenvalue weighted by Crippen LogP contribution is -2.29. The number of hydrogen-bond acceptors (Lipinski definition) is 5. The van der Waals surface area contributed by atoms with Gasteiger partial charge in [-0.2, -0.15) is 4.98 Å². The molecule has 2 aromatic carbocycles. The zero-order valence-corrected chi connectivity index (χ0v) is 15.3. The predicted molar refractivity (Wildman–Crippen MR) is 103 cm³/mol. The highest BCUT2D eigenvalue weighted by Gasteiger charge is 2.23. The molecule has 0 aliphatic carbocycles. The van der Waals surface area contributed by atoms with Crippen LogP contribution < -0.4 is 15.5 Å². The molecule has 3 aromatic rings. The Bertz CT molecular complexity index is 1020. The third-order valence-electron chi connectivity index (χ3n) is 4.52. The Morgan fingerprint density at radius 2 is 2.07 bits per heavy atom. The normalized spacial score (nSPS) is 13.5. The van der Waals surface area contributed by atoms with Crippen molar-refractivity contribution in [3.8, 4) is 11.4 Å². The van der Waals surface area contributed by atoms with Gasteiger partial charge in [0.25, 0.3) is 5.91 Å². The van der Waals surface area contributed by atoms with Crippen molar-refractivity contribution < 1.29 is 14.1 Å². The van der Waals surface area contributed by atoms with Gasteiger partial charge >= 0.3 is 6.03 Å². The molecule has 142 valence electrons. The number of hydrogen-bond donors (Lipinski definition) is 2. The molecule has 1 aliphatic rings. The van der Waals surface area contributed by atoms with Gasteiger partial charge in [0.05, 0.1) is 6.54 Å². The number of aryl methyl sites for hydroxylation is 1. The summed E-state index contributed by atoms with van der Waals surface area (Å²) in [6.45, 7) is 3.20. The van der Waals surface area contributed by atoms with Crippen LogP contribution in [0.3, 0.4) is 0 Å². The van der Waals surface area contributed by atoms with E-state index in [1.807, 2.05) is 43.3 Å². The first-order valence-electron chi connectivity index (χ1n) is 8.94. The van der Waals surface area contributed by atoms with Gasteiger partial charge < -0.3 is 15.2 Å². The van der Waals surface area contributed by atoms with E-state index in [0.717, 1.165) is 16.8 Å². The Morgan fingerprint density at radius 3 is 2.82 bits per heavy atom. The van der Waals surface area contributed by atoms with E-state index in [0.29, 0.717) is 30.4 Å². The molecule has 2 N–H and O–H groups in total. The van der Waals surface area contributed by atoms with Crippen LogP contribution in [0, 0.1) is 6.92 Å². The standard InChI is InChI=1S/C20H19N5O3/c1-13-7-8-15(11-16(13)25-10-9-21-20(25)27)19(26)22-12-17-23-18(24-28-17)14-5-3-2-4-6-14/h2-8,11H,9-10,12H2,1H3,(H,21,27)(H,22,26). The van der Waals surface area contributed by atoms with Crippen LogP contribution in [0.25, 0.3) is 11.4 Å². The Balaban J connectivity index is 1.44. The molecule has 8 heteroatoms. The average molecular weight is 377 g/mol. The molecule has 28 heavy (non-hydrogen) atoms. The summed E-state index contributed by atoms with van der Waals surface area (Å²) in [6.07, 6.45) is 0. The lowest BCUT2D eigenvalue weighted by Gasteiger charge is -2.18. The minimum Gasteiger partial charge on any atom is -0.343 e. The van der Waals surface area contributed by atoms with Crippen molar-refractivity contribution >= 4 is 17.6 Å². The Labute approximate surface area is 161 Å². The number of nitrogens with one attached hydrogen (secondary N) is 2. The van der Waals surface area contributed by atoms with E-state index in [-0.39, 0.29) is 18.5 Å². The number of rotatable bonds is 5. The van der Waals surface area contributed by atoms with Crippen molar-refractivity contribution in [3.63, 3.8) is 0 Å². The summed E-state index contributed by atoms with van der Waals surface area (Å²) in [4.78, 5) is 30.4. The zero-order chi connectivity index (χ0) is 19.5. The summed E-state index contributed by atoms with van der Waals surface area (Å²) in [7, 11) is 0. The fourth-order valence-corrected chi connectivity index (χ4v) is 3.03. The molecule has 2 heterocycles.